The molecule has 20 heavy (non-hydrogen) atoms. The van der Waals surface area contributed by atoms with Crippen LogP contribution < -0.4 is 16.2 Å². The van der Waals surface area contributed by atoms with E-state index in [4.69, 9.17) is 0 Å². The molecule has 1 unspecified atom stereocenters. The minimum atomic E-state index is -0.0646. The Kier molecular flexibility index (Phi) is 5.60. The molecule has 112 valence electrons. The van der Waals surface area contributed by atoms with Crippen molar-refractivity contribution in [2.24, 2.45) is 5.92 Å². The zero-order valence-corrected chi connectivity index (χ0v) is 13.7. The molecule has 0 bridgehead atoms. The standard InChI is InChI=1S/C14H23BrN4O/c1-10(2)9-19-14(20)13(15)12(8-17-19)18-11-5-3-4-6-16-7-11/h8,10-11,16,18H,3-7,9H2,1-2H3. The molecule has 1 saturated heterocycles. The second-order valence-corrected chi connectivity index (χ2v) is 6.59. The molecule has 0 amide bonds. The first kappa shape index (κ1) is 15.5. The van der Waals surface area contributed by atoms with Gasteiger partial charge < -0.3 is 10.6 Å². The van der Waals surface area contributed by atoms with Gasteiger partial charge in [-0.2, -0.15) is 5.10 Å². The van der Waals surface area contributed by atoms with E-state index in [9.17, 15) is 4.79 Å². The molecule has 0 aromatic carbocycles. The number of halogens is 1. The number of anilines is 1. The maximum absolute atomic E-state index is 12.2. The average molecular weight is 343 g/mol. The predicted octanol–water partition coefficient (Wildman–Crippen LogP) is 2.22. The third-order valence-electron chi connectivity index (χ3n) is 3.43. The largest absolute Gasteiger partial charge is 0.379 e. The Labute approximate surface area is 128 Å². The van der Waals surface area contributed by atoms with Gasteiger partial charge in [-0.15, -0.1) is 0 Å². The normalized spacial score (nSPS) is 19.9. The summed E-state index contributed by atoms with van der Waals surface area (Å²) in [5.74, 6) is 0.400. The molecule has 0 spiro atoms. The van der Waals surface area contributed by atoms with Crippen LogP contribution in [0.25, 0.3) is 0 Å². The maximum atomic E-state index is 12.2. The van der Waals surface area contributed by atoms with Gasteiger partial charge in [0, 0.05) is 19.1 Å². The number of rotatable bonds is 4. The van der Waals surface area contributed by atoms with Gasteiger partial charge in [0.1, 0.15) is 4.47 Å². The average Bonchev–Trinajstić information content (AvgIpc) is 2.66. The van der Waals surface area contributed by atoms with Crippen molar-refractivity contribution in [3.63, 3.8) is 0 Å². The summed E-state index contributed by atoms with van der Waals surface area (Å²) in [5, 5.41) is 11.1. The number of hydrogen-bond acceptors (Lipinski definition) is 4. The lowest BCUT2D eigenvalue weighted by molar-refractivity contribution is 0.462. The minimum absolute atomic E-state index is 0.0646. The van der Waals surface area contributed by atoms with Gasteiger partial charge in [-0.25, -0.2) is 4.68 Å². The quantitative estimate of drug-likeness (QED) is 0.880. The van der Waals surface area contributed by atoms with Crippen molar-refractivity contribution in [2.45, 2.75) is 45.7 Å². The SMILES string of the molecule is CC(C)Cn1ncc(NC2CCCCNC2)c(Br)c1=O. The lowest BCUT2D eigenvalue weighted by atomic mass is 10.1. The Hall–Kier alpha value is -0.880. The van der Waals surface area contributed by atoms with E-state index in [0.717, 1.165) is 25.2 Å². The van der Waals surface area contributed by atoms with E-state index in [1.807, 2.05) is 0 Å². The summed E-state index contributed by atoms with van der Waals surface area (Å²) < 4.78 is 2.10. The maximum Gasteiger partial charge on any atom is 0.283 e. The van der Waals surface area contributed by atoms with E-state index in [-0.39, 0.29) is 5.56 Å². The molecule has 6 heteroatoms. The summed E-state index contributed by atoms with van der Waals surface area (Å²) in [6.07, 6.45) is 5.29. The zero-order valence-electron chi connectivity index (χ0n) is 12.2. The van der Waals surface area contributed by atoms with Gasteiger partial charge in [-0.3, -0.25) is 4.79 Å². The summed E-state index contributed by atoms with van der Waals surface area (Å²) in [6, 6.07) is 0.357. The van der Waals surface area contributed by atoms with Crippen molar-refractivity contribution in [2.75, 3.05) is 18.4 Å². The summed E-state index contributed by atoms with van der Waals surface area (Å²) in [7, 11) is 0. The predicted molar refractivity (Wildman–Crippen MR) is 85.2 cm³/mol. The number of nitrogens with one attached hydrogen (secondary N) is 2. The van der Waals surface area contributed by atoms with Crippen LogP contribution in [-0.2, 0) is 6.54 Å². The van der Waals surface area contributed by atoms with Gasteiger partial charge in [0.25, 0.3) is 5.56 Å². The smallest absolute Gasteiger partial charge is 0.283 e. The van der Waals surface area contributed by atoms with Gasteiger partial charge in [0.2, 0.25) is 0 Å². The van der Waals surface area contributed by atoms with Crippen LogP contribution in [-0.4, -0.2) is 28.9 Å². The number of aromatic nitrogens is 2. The molecular weight excluding hydrogens is 320 g/mol. The van der Waals surface area contributed by atoms with E-state index in [2.05, 4.69) is 45.5 Å². The third kappa shape index (κ3) is 4.06. The van der Waals surface area contributed by atoms with Crippen molar-refractivity contribution in [3.8, 4) is 0 Å². The molecule has 2 rings (SSSR count). The number of nitrogens with zero attached hydrogens (tertiary/aromatic N) is 2. The molecule has 1 atom stereocenters. The highest BCUT2D eigenvalue weighted by Gasteiger charge is 2.15. The third-order valence-corrected chi connectivity index (χ3v) is 4.20. The lowest BCUT2D eigenvalue weighted by Gasteiger charge is -2.19. The fourth-order valence-corrected chi connectivity index (χ4v) is 2.83. The van der Waals surface area contributed by atoms with Crippen molar-refractivity contribution in [3.05, 3.63) is 21.0 Å². The van der Waals surface area contributed by atoms with E-state index < -0.39 is 0 Å². The lowest BCUT2D eigenvalue weighted by Crippen LogP contribution is -2.33. The van der Waals surface area contributed by atoms with Crippen LogP contribution in [0.2, 0.25) is 0 Å². The van der Waals surface area contributed by atoms with Crippen molar-refractivity contribution < 1.29 is 0 Å². The second kappa shape index (κ2) is 7.22. The molecule has 1 aromatic rings. The Morgan fingerprint density at radius 3 is 3.10 bits per heavy atom. The Balaban J connectivity index is 2.12. The molecule has 0 aliphatic carbocycles. The first-order valence-corrected chi connectivity index (χ1v) is 8.10. The summed E-state index contributed by atoms with van der Waals surface area (Å²) in [6.45, 7) is 6.80. The van der Waals surface area contributed by atoms with E-state index >= 15 is 0 Å². The highest BCUT2D eigenvalue weighted by atomic mass is 79.9. The Bertz CT molecular complexity index is 492. The molecule has 0 radical (unpaired) electrons. The molecule has 1 aliphatic rings. The van der Waals surface area contributed by atoms with Crippen LogP contribution in [0.4, 0.5) is 5.69 Å². The molecule has 2 heterocycles. The first-order valence-electron chi connectivity index (χ1n) is 7.31. The van der Waals surface area contributed by atoms with Crippen molar-refractivity contribution in [1.29, 1.82) is 0 Å². The summed E-state index contributed by atoms with van der Waals surface area (Å²) >= 11 is 3.41. The van der Waals surface area contributed by atoms with E-state index in [1.165, 1.54) is 17.5 Å². The van der Waals surface area contributed by atoms with Crippen LogP contribution in [0.15, 0.2) is 15.5 Å². The molecular formula is C14H23BrN4O. The summed E-state index contributed by atoms with van der Waals surface area (Å²) in [4.78, 5) is 12.2. The van der Waals surface area contributed by atoms with Crippen molar-refractivity contribution in [1.82, 2.24) is 15.1 Å². The van der Waals surface area contributed by atoms with Crippen LogP contribution in [0, 0.1) is 5.92 Å². The van der Waals surface area contributed by atoms with Gasteiger partial charge in [0.05, 0.1) is 11.9 Å². The van der Waals surface area contributed by atoms with E-state index in [0.29, 0.717) is 23.0 Å². The molecule has 2 N–H and O–H groups in total. The molecule has 1 aliphatic heterocycles. The van der Waals surface area contributed by atoms with Crippen LogP contribution in [0.3, 0.4) is 0 Å². The first-order chi connectivity index (χ1) is 9.58. The fraction of sp³-hybridized carbons (Fsp3) is 0.714. The highest BCUT2D eigenvalue weighted by Crippen LogP contribution is 2.19. The van der Waals surface area contributed by atoms with Gasteiger partial charge in [-0.05, 0) is 41.2 Å². The van der Waals surface area contributed by atoms with Crippen molar-refractivity contribution >= 4 is 21.6 Å². The molecule has 0 saturated carbocycles. The van der Waals surface area contributed by atoms with E-state index in [1.54, 1.807) is 6.20 Å². The fourth-order valence-electron chi connectivity index (χ4n) is 2.40. The molecule has 1 fully saturated rings. The molecule has 1 aromatic heterocycles. The topological polar surface area (TPSA) is 59.0 Å². The second-order valence-electron chi connectivity index (χ2n) is 5.79. The van der Waals surface area contributed by atoms with Crippen LogP contribution in [0.5, 0.6) is 0 Å². The van der Waals surface area contributed by atoms with Gasteiger partial charge in [-0.1, -0.05) is 20.3 Å². The monoisotopic (exact) mass is 342 g/mol. The highest BCUT2D eigenvalue weighted by molar-refractivity contribution is 9.10. The van der Waals surface area contributed by atoms with Gasteiger partial charge in [0.15, 0.2) is 0 Å². The molecule has 5 nitrogen and oxygen atoms in total. The van der Waals surface area contributed by atoms with Crippen LogP contribution >= 0.6 is 15.9 Å². The van der Waals surface area contributed by atoms with Gasteiger partial charge >= 0.3 is 0 Å². The minimum Gasteiger partial charge on any atom is -0.379 e. The summed E-state index contributed by atoms with van der Waals surface area (Å²) in [5.41, 5.74) is 0.731. The Morgan fingerprint density at radius 1 is 1.55 bits per heavy atom. The van der Waals surface area contributed by atoms with Crippen LogP contribution in [0.1, 0.15) is 33.1 Å². The number of hydrogen-bond donors (Lipinski definition) is 2. The zero-order chi connectivity index (χ0) is 14.5. The Morgan fingerprint density at radius 2 is 2.35 bits per heavy atom.